The molecule has 1 heterocycles. The van der Waals surface area contributed by atoms with E-state index in [9.17, 15) is 18.0 Å². The first-order valence-corrected chi connectivity index (χ1v) is 7.56. The topological polar surface area (TPSA) is 32.3 Å². The number of halogens is 4. The van der Waals surface area contributed by atoms with Gasteiger partial charge in [0.2, 0.25) is 5.91 Å². The summed E-state index contributed by atoms with van der Waals surface area (Å²) < 4.78 is 38.3. The lowest BCUT2D eigenvalue weighted by atomic mass is 10.0. The molecule has 1 N–H and O–H groups in total. The number of amides is 1. The van der Waals surface area contributed by atoms with Gasteiger partial charge in [-0.25, -0.2) is 0 Å². The van der Waals surface area contributed by atoms with Gasteiger partial charge >= 0.3 is 6.18 Å². The Balaban J connectivity index is 0.00000192. The molecule has 0 spiro atoms. The fraction of sp³-hybridized carbons (Fsp3) is 0.562. The lowest BCUT2D eigenvalue weighted by Crippen LogP contribution is -2.52. The first-order chi connectivity index (χ1) is 10.4. The SMILES string of the molecule is C[C@@H]1CNCCN1C(=O)C1CC1c1cccc(C(F)(F)F)c1.Cl. The van der Waals surface area contributed by atoms with Crippen molar-refractivity contribution in [2.45, 2.75) is 31.5 Å². The molecular formula is C16H20ClF3N2O. The highest BCUT2D eigenvalue weighted by Gasteiger charge is 2.47. The van der Waals surface area contributed by atoms with Crippen LogP contribution < -0.4 is 5.32 Å². The Morgan fingerprint density at radius 1 is 1.35 bits per heavy atom. The Morgan fingerprint density at radius 2 is 2.09 bits per heavy atom. The minimum Gasteiger partial charge on any atom is -0.337 e. The second-order valence-corrected chi connectivity index (χ2v) is 6.16. The minimum absolute atomic E-state index is 0. The standard InChI is InChI=1S/C16H19F3N2O.ClH/c1-10-9-20-5-6-21(10)15(22)14-8-13(14)11-3-2-4-12(7-11)16(17,18)19;/h2-4,7,10,13-14,20H,5-6,8-9H2,1H3;1H/t10-,13?,14?;/m1./s1. The van der Waals surface area contributed by atoms with Crippen molar-refractivity contribution >= 4 is 18.3 Å². The van der Waals surface area contributed by atoms with Crippen LogP contribution in [0.15, 0.2) is 24.3 Å². The number of hydrogen-bond donors (Lipinski definition) is 1. The highest BCUT2D eigenvalue weighted by Crippen LogP contribution is 2.49. The van der Waals surface area contributed by atoms with Crippen LogP contribution in [0.25, 0.3) is 0 Å². The van der Waals surface area contributed by atoms with Crippen LogP contribution in [0.4, 0.5) is 13.2 Å². The van der Waals surface area contributed by atoms with E-state index in [0.29, 0.717) is 18.5 Å². The predicted molar refractivity (Wildman–Crippen MR) is 83.6 cm³/mol. The maximum absolute atomic E-state index is 12.8. The molecule has 1 saturated carbocycles. The number of carbonyl (C=O) groups excluding carboxylic acids is 1. The molecule has 1 amide bonds. The zero-order chi connectivity index (χ0) is 15.9. The van der Waals surface area contributed by atoms with Crippen molar-refractivity contribution in [2.24, 2.45) is 5.92 Å². The molecule has 1 aliphatic heterocycles. The molecule has 128 valence electrons. The number of rotatable bonds is 2. The lowest BCUT2D eigenvalue weighted by Gasteiger charge is -2.34. The van der Waals surface area contributed by atoms with Gasteiger partial charge in [-0.1, -0.05) is 18.2 Å². The van der Waals surface area contributed by atoms with Gasteiger partial charge in [0.15, 0.2) is 0 Å². The Bertz CT molecular complexity index is 579. The summed E-state index contributed by atoms with van der Waals surface area (Å²) in [5.74, 6) is -0.155. The normalized spacial score (nSPS) is 27.3. The van der Waals surface area contributed by atoms with Crippen LogP contribution in [0.1, 0.15) is 30.4 Å². The van der Waals surface area contributed by atoms with Gasteiger partial charge < -0.3 is 10.2 Å². The van der Waals surface area contributed by atoms with Gasteiger partial charge in [-0.15, -0.1) is 12.4 Å². The number of nitrogens with zero attached hydrogens (tertiary/aromatic N) is 1. The van der Waals surface area contributed by atoms with Crippen LogP contribution >= 0.6 is 12.4 Å². The van der Waals surface area contributed by atoms with Crippen LogP contribution in [0.3, 0.4) is 0 Å². The maximum Gasteiger partial charge on any atom is 0.416 e. The van der Waals surface area contributed by atoms with Gasteiger partial charge in [-0.05, 0) is 30.9 Å². The second kappa shape index (κ2) is 6.69. The minimum atomic E-state index is -4.34. The Kier molecular flexibility index (Phi) is 5.26. The first-order valence-electron chi connectivity index (χ1n) is 7.56. The summed E-state index contributed by atoms with van der Waals surface area (Å²) in [6.45, 7) is 4.21. The van der Waals surface area contributed by atoms with Crippen molar-refractivity contribution in [3.63, 3.8) is 0 Å². The van der Waals surface area contributed by atoms with E-state index in [0.717, 1.165) is 19.2 Å². The fourth-order valence-electron chi connectivity index (χ4n) is 3.16. The Labute approximate surface area is 139 Å². The van der Waals surface area contributed by atoms with Crippen molar-refractivity contribution in [1.82, 2.24) is 10.2 Å². The van der Waals surface area contributed by atoms with Gasteiger partial charge in [0.25, 0.3) is 0 Å². The van der Waals surface area contributed by atoms with E-state index in [1.165, 1.54) is 12.1 Å². The third kappa shape index (κ3) is 3.80. The van der Waals surface area contributed by atoms with E-state index in [1.807, 2.05) is 11.8 Å². The van der Waals surface area contributed by atoms with Crippen molar-refractivity contribution in [1.29, 1.82) is 0 Å². The molecule has 3 atom stereocenters. The highest BCUT2D eigenvalue weighted by atomic mass is 35.5. The van der Waals surface area contributed by atoms with E-state index >= 15 is 0 Å². The smallest absolute Gasteiger partial charge is 0.337 e. The van der Waals surface area contributed by atoms with E-state index in [2.05, 4.69) is 5.32 Å². The maximum atomic E-state index is 12.8. The molecule has 3 rings (SSSR count). The number of nitrogens with one attached hydrogen (secondary N) is 1. The average molecular weight is 349 g/mol. The molecule has 1 saturated heterocycles. The van der Waals surface area contributed by atoms with Crippen LogP contribution in [-0.2, 0) is 11.0 Å². The van der Waals surface area contributed by atoms with E-state index in [4.69, 9.17) is 0 Å². The first kappa shape index (κ1) is 18.1. The average Bonchev–Trinajstić information content (AvgIpc) is 3.27. The summed E-state index contributed by atoms with van der Waals surface area (Å²) in [5.41, 5.74) is -0.0189. The summed E-state index contributed by atoms with van der Waals surface area (Å²) in [4.78, 5) is 14.4. The molecule has 1 aromatic carbocycles. The molecule has 2 fully saturated rings. The van der Waals surface area contributed by atoms with Crippen molar-refractivity contribution in [2.75, 3.05) is 19.6 Å². The van der Waals surface area contributed by atoms with Crippen molar-refractivity contribution in [3.8, 4) is 0 Å². The third-order valence-corrected chi connectivity index (χ3v) is 4.53. The van der Waals surface area contributed by atoms with Crippen LogP contribution in [-0.4, -0.2) is 36.5 Å². The third-order valence-electron chi connectivity index (χ3n) is 4.53. The molecule has 3 nitrogen and oxygen atoms in total. The molecular weight excluding hydrogens is 329 g/mol. The number of piperazine rings is 1. The monoisotopic (exact) mass is 348 g/mol. The summed E-state index contributed by atoms with van der Waals surface area (Å²) in [6, 6.07) is 5.50. The van der Waals surface area contributed by atoms with Crippen LogP contribution in [0.2, 0.25) is 0 Å². The summed E-state index contributed by atoms with van der Waals surface area (Å²) >= 11 is 0. The molecule has 7 heteroatoms. The summed E-state index contributed by atoms with van der Waals surface area (Å²) in [7, 11) is 0. The highest BCUT2D eigenvalue weighted by molar-refractivity contribution is 5.85. The van der Waals surface area contributed by atoms with Gasteiger partial charge in [0.05, 0.1) is 5.56 Å². The molecule has 2 unspecified atom stereocenters. The number of benzene rings is 1. The number of carbonyl (C=O) groups is 1. The van der Waals surface area contributed by atoms with Gasteiger partial charge in [0, 0.05) is 31.6 Å². The lowest BCUT2D eigenvalue weighted by molar-refractivity contribution is -0.137. The molecule has 0 aromatic heterocycles. The molecule has 1 aliphatic carbocycles. The summed E-state index contributed by atoms with van der Waals surface area (Å²) in [6.07, 6.45) is -3.69. The molecule has 1 aromatic rings. The zero-order valence-corrected chi connectivity index (χ0v) is 13.6. The van der Waals surface area contributed by atoms with Gasteiger partial charge in [0.1, 0.15) is 0 Å². The van der Waals surface area contributed by atoms with Gasteiger partial charge in [-0.3, -0.25) is 4.79 Å². The number of alkyl halides is 3. The van der Waals surface area contributed by atoms with Gasteiger partial charge in [-0.2, -0.15) is 13.2 Å². The van der Waals surface area contributed by atoms with E-state index in [-0.39, 0.29) is 36.2 Å². The molecule has 0 bridgehead atoms. The quantitative estimate of drug-likeness (QED) is 0.891. The number of hydrogen-bond acceptors (Lipinski definition) is 2. The van der Waals surface area contributed by atoms with Crippen LogP contribution in [0, 0.1) is 5.92 Å². The van der Waals surface area contributed by atoms with Crippen molar-refractivity contribution < 1.29 is 18.0 Å². The predicted octanol–water partition coefficient (Wildman–Crippen LogP) is 3.05. The Hall–Kier alpha value is -1.27. The second-order valence-electron chi connectivity index (χ2n) is 6.16. The summed E-state index contributed by atoms with van der Waals surface area (Å²) in [5, 5.41) is 3.23. The fourth-order valence-corrected chi connectivity index (χ4v) is 3.16. The molecule has 0 radical (unpaired) electrons. The van der Waals surface area contributed by atoms with Crippen molar-refractivity contribution in [3.05, 3.63) is 35.4 Å². The molecule has 2 aliphatic rings. The van der Waals surface area contributed by atoms with E-state index < -0.39 is 11.7 Å². The Morgan fingerprint density at radius 3 is 2.74 bits per heavy atom. The largest absolute Gasteiger partial charge is 0.416 e. The van der Waals surface area contributed by atoms with E-state index in [1.54, 1.807) is 6.07 Å². The van der Waals surface area contributed by atoms with Crippen LogP contribution in [0.5, 0.6) is 0 Å². The zero-order valence-electron chi connectivity index (χ0n) is 12.8. The molecule has 23 heavy (non-hydrogen) atoms.